The van der Waals surface area contributed by atoms with Crippen molar-refractivity contribution < 1.29 is 0 Å². The zero-order valence-electron chi connectivity index (χ0n) is 8.81. The van der Waals surface area contributed by atoms with Gasteiger partial charge in [0.1, 0.15) is 0 Å². The van der Waals surface area contributed by atoms with E-state index in [9.17, 15) is 0 Å². The van der Waals surface area contributed by atoms with Crippen molar-refractivity contribution in [2.45, 2.75) is 30.6 Å². The SMILES string of the molecule is CSC1CCCC1Nc1nccnc1N. The minimum atomic E-state index is 0.485. The lowest BCUT2D eigenvalue weighted by atomic mass is 10.2. The molecular formula is C10H16N4S. The van der Waals surface area contributed by atoms with E-state index in [4.69, 9.17) is 5.73 Å². The Morgan fingerprint density at radius 2 is 2.20 bits per heavy atom. The van der Waals surface area contributed by atoms with Gasteiger partial charge in [-0.3, -0.25) is 0 Å². The molecule has 0 spiro atoms. The highest BCUT2D eigenvalue weighted by atomic mass is 32.2. The van der Waals surface area contributed by atoms with Crippen LogP contribution in [0.4, 0.5) is 11.6 Å². The van der Waals surface area contributed by atoms with E-state index >= 15 is 0 Å². The van der Waals surface area contributed by atoms with Crippen molar-refractivity contribution >= 4 is 23.4 Å². The zero-order valence-corrected chi connectivity index (χ0v) is 9.63. The molecule has 1 aromatic rings. The molecule has 2 atom stereocenters. The quantitative estimate of drug-likeness (QED) is 0.819. The van der Waals surface area contributed by atoms with Gasteiger partial charge in [0.25, 0.3) is 0 Å². The number of nitrogens with one attached hydrogen (secondary N) is 1. The number of rotatable bonds is 3. The Labute approximate surface area is 94.1 Å². The van der Waals surface area contributed by atoms with Crippen LogP contribution >= 0.6 is 11.8 Å². The molecule has 1 aliphatic carbocycles. The Kier molecular flexibility index (Phi) is 3.30. The molecule has 82 valence electrons. The molecule has 1 saturated carbocycles. The summed E-state index contributed by atoms with van der Waals surface area (Å²) in [5.41, 5.74) is 5.74. The van der Waals surface area contributed by atoms with Crippen molar-refractivity contribution in [3.8, 4) is 0 Å². The minimum absolute atomic E-state index is 0.485. The lowest BCUT2D eigenvalue weighted by Crippen LogP contribution is -2.26. The van der Waals surface area contributed by atoms with Crippen LogP contribution < -0.4 is 11.1 Å². The maximum Gasteiger partial charge on any atom is 0.169 e. The first-order valence-electron chi connectivity index (χ1n) is 5.17. The van der Waals surface area contributed by atoms with E-state index in [1.807, 2.05) is 11.8 Å². The van der Waals surface area contributed by atoms with Crippen LogP contribution in [0.25, 0.3) is 0 Å². The number of hydrogen-bond acceptors (Lipinski definition) is 5. The predicted octanol–water partition coefficient (Wildman–Crippen LogP) is 1.75. The standard InChI is InChI=1S/C10H16N4S/c1-15-8-4-2-3-7(8)14-10-9(11)12-5-6-13-10/h5-8H,2-4H2,1H3,(H2,11,12)(H,13,14). The van der Waals surface area contributed by atoms with Crippen molar-refractivity contribution in [2.75, 3.05) is 17.3 Å². The predicted molar refractivity (Wildman–Crippen MR) is 65.0 cm³/mol. The molecule has 1 aliphatic rings. The number of nitrogens with two attached hydrogens (primary N) is 1. The Bertz CT molecular complexity index is 331. The molecule has 3 N–H and O–H groups in total. The molecule has 0 bridgehead atoms. The van der Waals surface area contributed by atoms with Crippen LogP contribution in [0.2, 0.25) is 0 Å². The van der Waals surface area contributed by atoms with Gasteiger partial charge >= 0.3 is 0 Å². The van der Waals surface area contributed by atoms with Crippen LogP contribution in [0.5, 0.6) is 0 Å². The number of thioether (sulfide) groups is 1. The highest BCUT2D eigenvalue weighted by Crippen LogP contribution is 2.30. The molecule has 0 saturated heterocycles. The summed E-state index contributed by atoms with van der Waals surface area (Å²) in [5, 5.41) is 4.06. The molecule has 5 heteroatoms. The first kappa shape index (κ1) is 10.5. The molecule has 1 heterocycles. The topological polar surface area (TPSA) is 63.8 Å². The van der Waals surface area contributed by atoms with Gasteiger partial charge < -0.3 is 11.1 Å². The molecule has 4 nitrogen and oxygen atoms in total. The monoisotopic (exact) mass is 224 g/mol. The molecule has 0 aromatic carbocycles. The highest BCUT2D eigenvalue weighted by Gasteiger charge is 2.26. The average Bonchev–Trinajstić information content (AvgIpc) is 2.69. The first-order chi connectivity index (χ1) is 7.31. The van der Waals surface area contributed by atoms with E-state index in [1.165, 1.54) is 19.3 Å². The summed E-state index contributed by atoms with van der Waals surface area (Å²) in [7, 11) is 0. The summed E-state index contributed by atoms with van der Waals surface area (Å²) >= 11 is 1.91. The zero-order chi connectivity index (χ0) is 10.7. The van der Waals surface area contributed by atoms with Crippen LogP contribution in [0.3, 0.4) is 0 Å². The van der Waals surface area contributed by atoms with Gasteiger partial charge in [0.05, 0.1) is 0 Å². The van der Waals surface area contributed by atoms with Crippen molar-refractivity contribution in [1.29, 1.82) is 0 Å². The van der Waals surface area contributed by atoms with E-state index in [0.717, 1.165) is 5.82 Å². The Balaban J connectivity index is 2.05. The third kappa shape index (κ3) is 2.34. The molecule has 1 fully saturated rings. The van der Waals surface area contributed by atoms with E-state index in [2.05, 4.69) is 21.5 Å². The van der Waals surface area contributed by atoms with E-state index in [-0.39, 0.29) is 0 Å². The van der Waals surface area contributed by atoms with E-state index in [1.54, 1.807) is 12.4 Å². The van der Waals surface area contributed by atoms with Crippen molar-refractivity contribution in [3.05, 3.63) is 12.4 Å². The summed E-state index contributed by atoms with van der Waals surface area (Å²) in [4.78, 5) is 8.22. The smallest absolute Gasteiger partial charge is 0.169 e. The first-order valence-corrected chi connectivity index (χ1v) is 6.46. The molecule has 2 rings (SSSR count). The van der Waals surface area contributed by atoms with Gasteiger partial charge in [-0.15, -0.1) is 0 Å². The average molecular weight is 224 g/mol. The largest absolute Gasteiger partial charge is 0.381 e. The normalized spacial score (nSPS) is 25.4. The van der Waals surface area contributed by atoms with Gasteiger partial charge in [0, 0.05) is 23.7 Å². The van der Waals surface area contributed by atoms with Gasteiger partial charge in [-0.05, 0) is 19.1 Å². The van der Waals surface area contributed by atoms with Gasteiger partial charge in [0.2, 0.25) is 0 Å². The Hall–Kier alpha value is -0.970. The fourth-order valence-corrected chi connectivity index (χ4v) is 2.94. The summed E-state index contributed by atoms with van der Waals surface area (Å²) < 4.78 is 0. The summed E-state index contributed by atoms with van der Waals surface area (Å²) in [6, 6.07) is 0.485. The van der Waals surface area contributed by atoms with Crippen molar-refractivity contribution in [1.82, 2.24) is 9.97 Å². The molecule has 2 unspecified atom stereocenters. The lowest BCUT2D eigenvalue weighted by Gasteiger charge is -2.19. The van der Waals surface area contributed by atoms with Crippen LogP contribution in [-0.4, -0.2) is 27.5 Å². The summed E-state index contributed by atoms with van der Waals surface area (Å²) in [6.45, 7) is 0. The van der Waals surface area contributed by atoms with E-state index < -0.39 is 0 Å². The third-order valence-corrected chi connectivity index (χ3v) is 3.97. The summed E-state index contributed by atoms with van der Waals surface area (Å²) in [5.74, 6) is 1.22. The summed E-state index contributed by atoms with van der Waals surface area (Å²) in [6.07, 6.45) is 9.19. The molecule has 0 amide bonds. The maximum atomic E-state index is 5.74. The highest BCUT2D eigenvalue weighted by molar-refractivity contribution is 7.99. The number of nitrogens with zero attached hydrogens (tertiary/aromatic N) is 2. The maximum absolute atomic E-state index is 5.74. The van der Waals surface area contributed by atoms with Crippen molar-refractivity contribution in [3.63, 3.8) is 0 Å². The second-order valence-electron chi connectivity index (χ2n) is 3.75. The second-order valence-corrected chi connectivity index (χ2v) is 4.82. The number of nitrogen functional groups attached to an aromatic ring is 1. The minimum Gasteiger partial charge on any atom is -0.381 e. The number of hydrogen-bond donors (Lipinski definition) is 2. The Morgan fingerprint density at radius 3 is 2.93 bits per heavy atom. The van der Waals surface area contributed by atoms with Crippen molar-refractivity contribution in [2.24, 2.45) is 0 Å². The van der Waals surface area contributed by atoms with E-state index in [0.29, 0.717) is 17.1 Å². The van der Waals surface area contributed by atoms with Crippen LogP contribution in [0, 0.1) is 0 Å². The van der Waals surface area contributed by atoms with Crippen LogP contribution in [-0.2, 0) is 0 Å². The third-order valence-electron chi connectivity index (χ3n) is 2.80. The molecule has 0 aliphatic heterocycles. The van der Waals surface area contributed by atoms with Gasteiger partial charge in [-0.1, -0.05) is 6.42 Å². The Morgan fingerprint density at radius 1 is 1.40 bits per heavy atom. The number of aromatic nitrogens is 2. The molecule has 15 heavy (non-hydrogen) atoms. The van der Waals surface area contributed by atoms with Crippen LogP contribution in [0.1, 0.15) is 19.3 Å². The van der Waals surface area contributed by atoms with Gasteiger partial charge in [-0.2, -0.15) is 11.8 Å². The van der Waals surface area contributed by atoms with Gasteiger partial charge in [-0.25, -0.2) is 9.97 Å². The fourth-order valence-electron chi connectivity index (χ4n) is 2.01. The fraction of sp³-hybridized carbons (Fsp3) is 0.600. The lowest BCUT2D eigenvalue weighted by molar-refractivity contribution is 0.763. The molecule has 1 aromatic heterocycles. The number of anilines is 2. The molecular weight excluding hydrogens is 208 g/mol. The molecule has 0 radical (unpaired) electrons. The second kappa shape index (κ2) is 4.70. The van der Waals surface area contributed by atoms with Gasteiger partial charge in [0.15, 0.2) is 11.6 Å². The van der Waals surface area contributed by atoms with Crippen LogP contribution in [0.15, 0.2) is 12.4 Å².